The van der Waals surface area contributed by atoms with E-state index in [1.165, 1.54) is 10.8 Å². The van der Waals surface area contributed by atoms with Crippen LogP contribution >= 0.6 is 23.5 Å². The van der Waals surface area contributed by atoms with E-state index in [1.807, 2.05) is 6.92 Å². The molecule has 1 aromatic carbocycles. The van der Waals surface area contributed by atoms with Crippen molar-refractivity contribution in [2.45, 2.75) is 50.8 Å². The van der Waals surface area contributed by atoms with Crippen LogP contribution in [-0.4, -0.2) is 117 Å². The fourth-order valence-electron chi connectivity index (χ4n) is 5.60. The summed E-state index contributed by atoms with van der Waals surface area (Å²) < 4.78 is 76.5. The molecule has 0 aliphatic carbocycles. The number of fused-ring (bicyclic) bond motifs is 1. The standard InChI is InChI=1S/C32H43N12O18P3/c1-2-3-9-37-30(46)20-6-4-8-22(13-20)57-18-26(41-43-35)56-12-11-55-17-25(45)36-10-5-7-21-15-44(29-28(21)31(47)40-32(33)39-29)27-14-23(58-19-38-42-34)24(60-27)16-59-64(51,52)62-65(53,54)61-63(48,49)50/h4,6,8,13,15,23-24,26-27H,2-3,9-12,14,16-19H2,1H3,(H,36,45)(H,37,46)(H,51,52)(H,53,54)(H2,48,49,50)(H3,33,39,40,47)/t23?,24-,26?,27-/m1/s1. The third kappa shape index (κ3) is 17.5. The maximum atomic E-state index is 13.0. The molecule has 4 unspecified atom stereocenters. The van der Waals surface area contributed by atoms with Crippen molar-refractivity contribution in [3.05, 3.63) is 72.8 Å². The van der Waals surface area contributed by atoms with Crippen molar-refractivity contribution in [2.24, 2.45) is 10.2 Å². The smallest absolute Gasteiger partial charge is 0.490 e. The number of phosphoric ester groups is 1. The number of nitrogens with one attached hydrogen (secondary N) is 3. The lowest BCUT2D eigenvalue weighted by molar-refractivity contribution is -0.126. The summed E-state index contributed by atoms with van der Waals surface area (Å²) in [4.78, 5) is 86.6. The lowest BCUT2D eigenvalue weighted by atomic mass is 10.2. The molecule has 3 heterocycles. The maximum absolute atomic E-state index is 13.0. The summed E-state index contributed by atoms with van der Waals surface area (Å²) in [7, 11) is -17.1. The molecule has 3 aromatic rings. The van der Waals surface area contributed by atoms with Crippen LogP contribution in [0.4, 0.5) is 5.95 Å². The lowest BCUT2D eigenvalue weighted by Crippen LogP contribution is -2.29. The number of nitrogen functional groups attached to an aromatic ring is 1. The number of aromatic amines is 1. The molecular formula is C32H43N12O18P3. The summed E-state index contributed by atoms with van der Waals surface area (Å²) in [5.74, 6) is 4.66. The van der Waals surface area contributed by atoms with Crippen LogP contribution in [0.15, 0.2) is 45.5 Å². The molecule has 1 fully saturated rings. The second-order valence-electron chi connectivity index (χ2n) is 13.0. The molecule has 33 heteroatoms. The van der Waals surface area contributed by atoms with Crippen molar-refractivity contribution in [1.82, 2.24) is 25.2 Å². The Kier molecular flexibility index (Phi) is 19.9. The highest BCUT2D eigenvalue weighted by molar-refractivity contribution is 7.66. The van der Waals surface area contributed by atoms with Crippen LogP contribution in [0.5, 0.6) is 5.75 Å². The highest BCUT2D eigenvalue weighted by Crippen LogP contribution is 2.66. The second-order valence-corrected chi connectivity index (χ2v) is 17.4. The van der Waals surface area contributed by atoms with E-state index in [-0.39, 0.29) is 61.2 Å². The zero-order valence-corrected chi connectivity index (χ0v) is 36.7. The molecule has 30 nitrogen and oxygen atoms in total. The van der Waals surface area contributed by atoms with Gasteiger partial charge in [-0.2, -0.15) is 13.6 Å². The number of phosphoric acid groups is 3. The van der Waals surface area contributed by atoms with Crippen LogP contribution in [0, 0.1) is 11.8 Å². The Morgan fingerprint density at radius 2 is 1.92 bits per heavy atom. The fourth-order valence-corrected chi connectivity index (χ4v) is 8.63. The third-order valence-electron chi connectivity index (χ3n) is 8.27. The number of aromatic nitrogens is 3. The quantitative estimate of drug-likeness (QED) is 0.0143. The number of benzene rings is 1. The van der Waals surface area contributed by atoms with Gasteiger partial charge in [-0.15, -0.1) is 0 Å². The number of carbonyl (C=O) groups is 2. The number of H-pyrrole nitrogens is 1. The summed E-state index contributed by atoms with van der Waals surface area (Å²) in [6.07, 6.45) is -1.61. The average molecular weight is 977 g/mol. The van der Waals surface area contributed by atoms with Crippen LogP contribution in [0.25, 0.3) is 31.9 Å². The summed E-state index contributed by atoms with van der Waals surface area (Å²) in [6, 6.07) is 6.44. The first-order chi connectivity index (χ1) is 30.8. The summed E-state index contributed by atoms with van der Waals surface area (Å²) in [5.41, 5.74) is 23.2. The number of nitrogens with zero attached hydrogens (tertiary/aromatic N) is 8. The minimum absolute atomic E-state index is 0.0480. The molecule has 6 atom stereocenters. The molecule has 1 saturated heterocycles. The highest BCUT2D eigenvalue weighted by Gasteiger charge is 2.44. The Bertz CT molecular complexity index is 2520. The van der Waals surface area contributed by atoms with Crippen LogP contribution in [0.3, 0.4) is 0 Å². The van der Waals surface area contributed by atoms with Crippen molar-refractivity contribution in [2.75, 3.05) is 58.6 Å². The number of azide groups is 2. The van der Waals surface area contributed by atoms with E-state index < -0.39 is 79.5 Å². The minimum Gasteiger partial charge on any atom is -0.491 e. The molecule has 0 radical (unpaired) electrons. The average Bonchev–Trinajstić information content (AvgIpc) is 3.80. The van der Waals surface area contributed by atoms with Gasteiger partial charge < -0.3 is 64.2 Å². The Hall–Kier alpha value is -5.39. The minimum atomic E-state index is -5.83. The Morgan fingerprint density at radius 3 is 2.65 bits per heavy atom. The molecule has 9 N–H and O–H groups in total. The monoisotopic (exact) mass is 976 g/mol. The summed E-state index contributed by atoms with van der Waals surface area (Å²) in [6.45, 7) is 0.0828. The van der Waals surface area contributed by atoms with Gasteiger partial charge in [0.25, 0.3) is 11.5 Å². The first-order valence-corrected chi connectivity index (χ1v) is 23.3. The van der Waals surface area contributed by atoms with Gasteiger partial charge in [0.2, 0.25) is 11.9 Å². The second kappa shape index (κ2) is 24.8. The Morgan fingerprint density at radius 1 is 1.14 bits per heavy atom. The number of carbonyl (C=O) groups excluding carboxylic acids is 2. The first kappa shape index (κ1) is 52.2. The maximum Gasteiger partial charge on any atom is 0.490 e. The molecular weight excluding hydrogens is 933 g/mol. The van der Waals surface area contributed by atoms with Crippen LogP contribution < -0.4 is 26.7 Å². The predicted molar refractivity (Wildman–Crippen MR) is 221 cm³/mol. The molecule has 65 heavy (non-hydrogen) atoms. The van der Waals surface area contributed by atoms with Crippen LogP contribution in [0.1, 0.15) is 48.3 Å². The summed E-state index contributed by atoms with van der Waals surface area (Å²) >= 11 is 0. The Labute approximate surface area is 366 Å². The van der Waals surface area contributed by atoms with Crippen molar-refractivity contribution in [3.63, 3.8) is 0 Å². The normalized spacial score (nSPS) is 18.2. The third-order valence-corrected chi connectivity index (χ3v) is 12.1. The fraction of sp³-hybridized carbons (Fsp3) is 0.500. The summed E-state index contributed by atoms with van der Waals surface area (Å²) in [5, 5.41) is 12.1. The molecule has 0 saturated carbocycles. The zero-order valence-electron chi connectivity index (χ0n) is 34.0. The molecule has 0 spiro atoms. The van der Waals surface area contributed by atoms with Crippen molar-refractivity contribution >= 4 is 52.3 Å². The molecule has 4 rings (SSSR count). The van der Waals surface area contributed by atoms with Gasteiger partial charge in [0.1, 0.15) is 38.0 Å². The number of ether oxygens (including phenoxy) is 5. The zero-order chi connectivity index (χ0) is 47.6. The molecule has 2 amide bonds. The van der Waals surface area contributed by atoms with Crippen LogP contribution in [-0.2, 0) is 50.6 Å². The molecule has 1 aliphatic heterocycles. The first-order valence-electron chi connectivity index (χ1n) is 18.8. The van der Waals surface area contributed by atoms with E-state index in [1.54, 1.807) is 24.3 Å². The van der Waals surface area contributed by atoms with Crippen molar-refractivity contribution in [1.29, 1.82) is 0 Å². The van der Waals surface area contributed by atoms with E-state index in [4.69, 9.17) is 54.8 Å². The van der Waals surface area contributed by atoms with Gasteiger partial charge in [-0.25, -0.2) is 13.7 Å². The van der Waals surface area contributed by atoms with Gasteiger partial charge in [0, 0.05) is 34.5 Å². The van der Waals surface area contributed by atoms with E-state index in [2.05, 4.69) is 61.1 Å². The van der Waals surface area contributed by atoms with E-state index in [9.17, 15) is 37.9 Å². The van der Waals surface area contributed by atoms with E-state index in [0.717, 1.165) is 12.8 Å². The topological polar surface area (TPSA) is 438 Å². The lowest BCUT2D eigenvalue weighted by Gasteiger charge is -2.21. The number of hydrogen-bond acceptors (Lipinski definition) is 18. The molecule has 0 bridgehead atoms. The van der Waals surface area contributed by atoms with Crippen LogP contribution in [0.2, 0.25) is 0 Å². The predicted octanol–water partition coefficient (Wildman–Crippen LogP) is 2.34. The Balaban J connectivity index is 1.32. The van der Waals surface area contributed by atoms with Gasteiger partial charge in [0.05, 0.1) is 43.4 Å². The number of amides is 2. The number of unbranched alkanes of at least 4 members (excludes halogenated alkanes) is 1. The SMILES string of the molecule is CCCCNC(=O)c1cccc(OCC(N=[N+]=[N-])OCCOCC(=O)NCC#Cc2cn([C@H]3CC(OCN=[N+]=[N-])[C@@H](COP(=O)(O)OP(=O)(O)OP(=O)(O)O)O3)c3nc(N)[nH]c(=O)c23)c1. The number of anilines is 1. The number of hydrogen-bond donors (Lipinski definition) is 8. The van der Waals surface area contributed by atoms with Gasteiger partial charge >= 0.3 is 23.5 Å². The molecule has 2 aromatic heterocycles. The molecule has 1 aliphatic rings. The highest BCUT2D eigenvalue weighted by atomic mass is 31.3. The van der Waals surface area contributed by atoms with Gasteiger partial charge in [-0.3, -0.25) is 23.9 Å². The van der Waals surface area contributed by atoms with Crippen molar-refractivity contribution in [3.8, 4) is 17.6 Å². The van der Waals surface area contributed by atoms with Gasteiger partial charge in [-0.05, 0) is 35.7 Å². The number of nitrogens with two attached hydrogens (primary N) is 1. The molecule has 354 valence electrons. The van der Waals surface area contributed by atoms with E-state index in [0.29, 0.717) is 17.9 Å². The van der Waals surface area contributed by atoms with Gasteiger partial charge in [0.15, 0.2) is 11.9 Å². The van der Waals surface area contributed by atoms with Gasteiger partial charge in [-0.1, -0.05) is 41.5 Å². The number of rotatable bonds is 26. The van der Waals surface area contributed by atoms with E-state index >= 15 is 0 Å². The largest absolute Gasteiger partial charge is 0.491 e. The van der Waals surface area contributed by atoms with Crippen molar-refractivity contribution < 1.29 is 79.7 Å².